The number of benzene rings is 1. The van der Waals surface area contributed by atoms with Gasteiger partial charge in [-0.25, -0.2) is 0 Å². The van der Waals surface area contributed by atoms with Gasteiger partial charge in [0.05, 0.1) is 0 Å². The molecule has 1 aromatic carbocycles. The van der Waals surface area contributed by atoms with Crippen molar-refractivity contribution in [2.24, 2.45) is 0 Å². The first-order valence-corrected chi connectivity index (χ1v) is 3.94. The van der Waals surface area contributed by atoms with E-state index in [-0.39, 0.29) is 5.91 Å². The highest BCUT2D eigenvalue weighted by Gasteiger charge is 2.34. The molecule has 1 aliphatic heterocycles. The molecular weight excluding hydrogens is 170 g/mol. The first kappa shape index (κ1) is 8.22. The van der Waals surface area contributed by atoms with Gasteiger partial charge in [0, 0.05) is 11.1 Å². The van der Waals surface area contributed by atoms with Gasteiger partial charge in [-0.2, -0.15) is 0 Å². The molecule has 2 rings (SSSR count). The Bertz CT molecular complexity index is 350. The van der Waals surface area contributed by atoms with Gasteiger partial charge in [-0.1, -0.05) is 18.2 Å². The molecule has 0 saturated carbocycles. The van der Waals surface area contributed by atoms with E-state index in [1.54, 1.807) is 24.3 Å². The van der Waals surface area contributed by atoms with E-state index < -0.39 is 13.0 Å². The van der Waals surface area contributed by atoms with E-state index in [0.717, 1.165) is 4.90 Å². The molecule has 1 aromatic rings. The molecule has 1 atom stereocenters. The minimum Gasteiger partial charge on any atom is -0.376 e. The van der Waals surface area contributed by atoms with E-state index >= 15 is 0 Å². The number of hydrogen-bond donors (Lipinski definition) is 2. The second-order valence-corrected chi connectivity index (χ2v) is 2.88. The fraction of sp³-hybridized carbons (Fsp3) is 0.222. The maximum absolute atomic E-state index is 11.4. The van der Waals surface area contributed by atoms with Crippen molar-refractivity contribution >= 4 is 5.91 Å². The highest BCUT2D eigenvalue weighted by atomic mass is 16.3. The number of nitrogens with zero attached hydrogens (tertiary/aromatic N) is 1. The molecule has 0 saturated heterocycles. The van der Waals surface area contributed by atoms with Crippen molar-refractivity contribution in [3.63, 3.8) is 0 Å². The first-order chi connectivity index (χ1) is 6.25. The highest BCUT2D eigenvalue weighted by molar-refractivity contribution is 5.98. The summed E-state index contributed by atoms with van der Waals surface area (Å²) in [5.74, 6) is -0.328. The Hall–Kier alpha value is -1.39. The minimum absolute atomic E-state index is 0.328. The van der Waals surface area contributed by atoms with Gasteiger partial charge in [-0.15, -0.1) is 0 Å². The molecule has 1 heterocycles. The summed E-state index contributed by atoms with van der Waals surface area (Å²) in [7, 11) is 0. The van der Waals surface area contributed by atoms with Crippen LogP contribution in [0.3, 0.4) is 0 Å². The largest absolute Gasteiger partial charge is 0.376 e. The monoisotopic (exact) mass is 179 g/mol. The average molecular weight is 179 g/mol. The number of amides is 1. The number of carbonyl (C=O) groups excluding carboxylic acids is 1. The zero-order chi connectivity index (χ0) is 9.42. The molecule has 0 aromatic heterocycles. The van der Waals surface area contributed by atoms with Crippen LogP contribution in [0.5, 0.6) is 0 Å². The van der Waals surface area contributed by atoms with Gasteiger partial charge in [0.2, 0.25) is 0 Å². The third-order valence-electron chi connectivity index (χ3n) is 2.18. The highest BCUT2D eigenvalue weighted by Crippen LogP contribution is 2.30. The van der Waals surface area contributed by atoms with Crippen molar-refractivity contribution in [3.05, 3.63) is 35.4 Å². The third-order valence-corrected chi connectivity index (χ3v) is 2.18. The Morgan fingerprint density at radius 3 is 2.69 bits per heavy atom. The van der Waals surface area contributed by atoms with Crippen molar-refractivity contribution in [1.82, 2.24) is 4.90 Å². The molecular formula is C9H9NO3. The average Bonchev–Trinajstić information content (AvgIpc) is 2.41. The van der Waals surface area contributed by atoms with Crippen LogP contribution >= 0.6 is 0 Å². The Balaban J connectivity index is 2.50. The maximum Gasteiger partial charge on any atom is 0.258 e. The molecule has 0 spiro atoms. The van der Waals surface area contributed by atoms with Gasteiger partial charge in [0.25, 0.3) is 5.91 Å². The predicted octanol–water partition coefficient (Wildman–Crippen LogP) is 0.0831. The number of fused-ring (bicyclic) bond motifs is 1. The molecule has 4 heteroatoms. The summed E-state index contributed by atoms with van der Waals surface area (Å²) in [5, 5.41) is 18.4. The number of aliphatic hydroxyl groups excluding tert-OH is 2. The summed E-state index contributed by atoms with van der Waals surface area (Å²) in [6.07, 6.45) is -1.01. The normalized spacial score (nSPS) is 20.6. The second kappa shape index (κ2) is 2.83. The lowest BCUT2D eigenvalue weighted by molar-refractivity contribution is -0.0206. The number of aliphatic hydroxyl groups is 2. The van der Waals surface area contributed by atoms with Crippen LogP contribution in [-0.2, 0) is 0 Å². The van der Waals surface area contributed by atoms with Gasteiger partial charge in [-0.3, -0.25) is 9.69 Å². The molecule has 0 bridgehead atoms. The van der Waals surface area contributed by atoms with Crippen LogP contribution < -0.4 is 0 Å². The van der Waals surface area contributed by atoms with Crippen LogP contribution in [0.2, 0.25) is 0 Å². The first-order valence-electron chi connectivity index (χ1n) is 3.94. The van der Waals surface area contributed by atoms with Gasteiger partial charge in [0.1, 0.15) is 6.73 Å². The van der Waals surface area contributed by atoms with Crippen LogP contribution in [0.1, 0.15) is 22.1 Å². The summed E-state index contributed by atoms with van der Waals surface area (Å²) in [5.41, 5.74) is 1.02. The molecule has 1 aliphatic rings. The van der Waals surface area contributed by atoms with E-state index in [9.17, 15) is 9.90 Å². The minimum atomic E-state index is -1.01. The number of carbonyl (C=O) groups is 1. The van der Waals surface area contributed by atoms with E-state index in [1.165, 1.54) is 0 Å². The SMILES string of the molecule is O=C1c2ccccc2C(O)N1CO. The summed E-state index contributed by atoms with van der Waals surface area (Å²) in [6, 6.07) is 6.78. The summed E-state index contributed by atoms with van der Waals surface area (Å²) in [6.45, 7) is -0.464. The molecule has 0 aliphatic carbocycles. The molecule has 4 nitrogen and oxygen atoms in total. The predicted molar refractivity (Wildman–Crippen MR) is 44.7 cm³/mol. The van der Waals surface area contributed by atoms with Crippen LogP contribution in [0, 0.1) is 0 Å². The lowest BCUT2D eigenvalue weighted by atomic mass is 10.1. The van der Waals surface area contributed by atoms with E-state index in [2.05, 4.69) is 0 Å². The zero-order valence-corrected chi connectivity index (χ0v) is 6.84. The number of hydrogen-bond acceptors (Lipinski definition) is 3. The molecule has 1 amide bonds. The Kier molecular flexibility index (Phi) is 1.79. The van der Waals surface area contributed by atoms with Gasteiger partial charge in [0.15, 0.2) is 6.23 Å². The van der Waals surface area contributed by atoms with Crippen molar-refractivity contribution in [1.29, 1.82) is 0 Å². The van der Waals surface area contributed by atoms with Crippen LogP contribution in [-0.4, -0.2) is 27.8 Å². The quantitative estimate of drug-likeness (QED) is 0.642. The van der Waals surface area contributed by atoms with Crippen LogP contribution in [0.15, 0.2) is 24.3 Å². The fourth-order valence-electron chi connectivity index (χ4n) is 1.49. The standard InChI is InChI=1S/C9H9NO3/c11-5-10-8(12)6-3-1-2-4-7(6)9(10)13/h1-4,8,11-12H,5H2. The summed E-state index contributed by atoms with van der Waals surface area (Å²) < 4.78 is 0. The van der Waals surface area contributed by atoms with Crippen LogP contribution in [0.25, 0.3) is 0 Å². The van der Waals surface area contributed by atoms with Crippen molar-refractivity contribution in [3.8, 4) is 0 Å². The van der Waals surface area contributed by atoms with E-state index in [4.69, 9.17) is 5.11 Å². The molecule has 13 heavy (non-hydrogen) atoms. The number of rotatable bonds is 1. The van der Waals surface area contributed by atoms with Gasteiger partial charge < -0.3 is 10.2 Å². The molecule has 0 radical (unpaired) electrons. The Morgan fingerprint density at radius 2 is 2.08 bits per heavy atom. The lowest BCUT2D eigenvalue weighted by Gasteiger charge is -2.16. The van der Waals surface area contributed by atoms with Crippen molar-refractivity contribution < 1.29 is 15.0 Å². The van der Waals surface area contributed by atoms with Crippen molar-refractivity contribution in [2.75, 3.05) is 6.73 Å². The van der Waals surface area contributed by atoms with Crippen molar-refractivity contribution in [2.45, 2.75) is 6.23 Å². The van der Waals surface area contributed by atoms with Gasteiger partial charge in [-0.05, 0) is 6.07 Å². The Morgan fingerprint density at radius 1 is 1.38 bits per heavy atom. The molecule has 1 unspecified atom stereocenters. The zero-order valence-electron chi connectivity index (χ0n) is 6.84. The topological polar surface area (TPSA) is 60.8 Å². The maximum atomic E-state index is 11.4. The summed E-state index contributed by atoms with van der Waals surface area (Å²) in [4.78, 5) is 12.4. The molecule has 0 fully saturated rings. The fourth-order valence-corrected chi connectivity index (χ4v) is 1.49. The molecule has 68 valence electrons. The molecule has 2 N–H and O–H groups in total. The lowest BCUT2D eigenvalue weighted by Crippen LogP contribution is -2.28. The van der Waals surface area contributed by atoms with Gasteiger partial charge >= 0.3 is 0 Å². The van der Waals surface area contributed by atoms with E-state index in [1.807, 2.05) is 0 Å². The Labute approximate surface area is 75.0 Å². The summed E-state index contributed by atoms with van der Waals surface area (Å²) >= 11 is 0. The third kappa shape index (κ3) is 1.03. The van der Waals surface area contributed by atoms with Crippen LogP contribution in [0.4, 0.5) is 0 Å². The second-order valence-electron chi connectivity index (χ2n) is 2.88. The van der Waals surface area contributed by atoms with E-state index in [0.29, 0.717) is 11.1 Å². The smallest absolute Gasteiger partial charge is 0.258 e.